The molecule has 0 fully saturated rings. The standard InChI is InChI=1S/C14H11IN2O/c1-16-11-6-7-13-12(8-11)17-14(18-13)9-2-4-10(15)5-3-9/h2-8,16H,1H3. The van der Waals surface area contributed by atoms with E-state index in [9.17, 15) is 0 Å². The second-order valence-corrected chi connectivity index (χ2v) is 5.20. The van der Waals surface area contributed by atoms with Gasteiger partial charge in [0.1, 0.15) is 5.52 Å². The second kappa shape index (κ2) is 4.61. The summed E-state index contributed by atoms with van der Waals surface area (Å²) in [5.74, 6) is 0.662. The van der Waals surface area contributed by atoms with Crippen LogP contribution in [-0.2, 0) is 0 Å². The summed E-state index contributed by atoms with van der Waals surface area (Å²) in [6, 6.07) is 14.0. The summed E-state index contributed by atoms with van der Waals surface area (Å²) in [6.07, 6.45) is 0. The molecule has 0 amide bonds. The Bertz CT molecular complexity index is 689. The van der Waals surface area contributed by atoms with Gasteiger partial charge in [0.2, 0.25) is 5.89 Å². The van der Waals surface area contributed by atoms with Crippen molar-refractivity contribution in [3.63, 3.8) is 0 Å². The van der Waals surface area contributed by atoms with E-state index in [-0.39, 0.29) is 0 Å². The maximum atomic E-state index is 5.75. The van der Waals surface area contributed by atoms with Gasteiger partial charge in [0.15, 0.2) is 5.58 Å². The minimum absolute atomic E-state index is 0.662. The van der Waals surface area contributed by atoms with Crippen LogP contribution in [0.3, 0.4) is 0 Å². The van der Waals surface area contributed by atoms with Crippen molar-refractivity contribution < 1.29 is 4.42 Å². The van der Waals surface area contributed by atoms with Gasteiger partial charge in [-0.25, -0.2) is 4.98 Å². The highest BCUT2D eigenvalue weighted by atomic mass is 127. The Labute approximate surface area is 118 Å². The number of nitrogens with zero attached hydrogens (tertiary/aromatic N) is 1. The monoisotopic (exact) mass is 350 g/mol. The Kier molecular flexibility index (Phi) is 2.95. The number of rotatable bonds is 2. The number of nitrogens with one attached hydrogen (secondary N) is 1. The molecule has 1 N–H and O–H groups in total. The van der Waals surface area contributed by atoms with E-state index in [1.54, 1.807) is 0 Å². The van der Waals surface area contributed by atoms with Gasteiger partial charge in [0, 0.05) is 21.9 Å². The summed E-state index contributed by atoms with van der Waals surface area (Å²) in [7, 11) is 1.89. The molecule has 0 spiro atoms. The number of benzene rings is 2. The van der Waals surface area contributed by atoms with Gasteiger partial charge in [-0.15, -0.1) is 0 Å². The summed E-state index contributed by atoms with van der Waals surface area (Å²) in [4.78, 5) is 4.51. The van der Waals surface area contributed by atoms with Crippen LogP contribution in [0, 0.1) is 3.57 Å². The third-order valence-corrected chi connectivity index (χ3v) is 3.49. The Morgan fingerprint density at radius 3 is 2.61 bits per heavy atom. The van der Waals surface area contributed by atoms with Gasteiger partial charge in [0.05, 0.1) is 0 Å². The van der Waals surface area contributed by atoms with E-state index in [1.165, 1.54) is 3.57 Å². The Morgan fingerprint density at radius 1 is 1.11 bits per heavy atom. The number of aromatic nitrogens is 1. The van der Waals surface area contributed by atoms with Crippen LogP contribution in [0.1, 0.15) is 0 Å². The third kappa shape index (κ3) is 2.08. The van der Waals surface area contributed by atoms with Crippen LogP contribution in [0.25, 0.3) is 22.6 Å². The predicted octanol–water partition coefficient (Wildman–Crippen LogP) is 4.14. The van der Waals surface area contributed by atoms with E-state index < -0.39 is 0 Å². The number of hydrogen-bond donors (Lipinski definition) is 1. The van der Waals surface area contributed by atoms with Gasteiger partial charge in [-0.1, -0.05) is 0 Å². The van der Waals surface area contributed by atoms with E-state index in [2.05, 4.69) is 32.9 Å². The predicted molar refractivity (Wildman–Crippen MR) is 81.7 cm³/mol. The first-order valence-electron chi connectivity index (χ1n) is 5.60. The lowest BCUT2D eigenvalue weighted by atomic mass is 10.2. The van der Waals surface area contributed by atoms with Crippen LogP contribution >= 0.6 is 22.6 Å². The summed E-state index contributed by atoms with van der Waals surface area (Å²) in [6.45, 7) is 0. The molecule has 3 aromatic rings. The zero-order chi connectivity index (χ0) is 12.5. The lowest BCUT2D eigenvalue weighted by Crippen LogP contribution is -1.86. The molecule has 0 atom stereocenters. The summed E-state index contributed by atoms with van der Waals surface area (Å²) in [5, 5.41) is 3.09. The first-order valence-corrected chi connectivity index (χ1v) is 6.68. The minimum Gasteiger partial charge on any atom is -0.436 e. The van der Waals surface area contributed by atoms with Crippen molar-refractivity contribution in [3.8, 4) is 11.5 Å². The molecule has 0 aliphatic rings. The van der Waals surface area contributed by atoms with Crippen LogP contribution in [0.5, 0.6) is 0 Å². The topological polar surface area (TPSA) is 38.1 Å². The molecule has 0 aliphatic carbocycles. The molecule has 18 heavy (non-hydrogen) atoms. The first kappa shape index (κ1) is 11.5. The van der Waals surface area contributed by atoms with Crippen molar-refractivity contribution in [3.05, 3.63) is 46.0 Å². The van der Waals surface area contributed by atoms with Crippen LogP contribution in [0.15, 0.2) is 46.9 Å². The Balaban J connectivity index is 2.10. The van der Waals surface area contributed by atoms with E-state index in [0.717, 1.165) is 22.4 Å². The molecular weight excluding hydrogens is 339 g/mol. The normalized spacial score (nSPS) is 10.8. The largest absolute Gasteiger partial charge is 0.436 e. The SMILES string of the molecule is CNc1ccc2oc(-c3ccc(I)cc3)nc2c1. The Morgan fingerprint density at radius 2 is 1.89 bits per heavy atom. The fourth-order valence-electron chi connectivity index (χ4n) is 1.80. The van der Waals surface area contributed by atoms with Crippen molar-refractivity contribution in [1.29, 1.82) is 0 Å². The average molecular weight is 350 g/mol. The maximum absolute atomic E-state index is 5.75. The lowest BCUT2D eigenvalue weighted by molar-refractivity contribution is 0.620. The molecule has 0 radical (unpaired) electrons. The molecule has 0 saturated heterocycles. The minimum atomic E-state index is 0.662. The summed E-state index contributed by atoms with van der Waals surface area (Å²) in [5.41, 5.74) is 3.71. The molecule has 3 rings (SSSR count). The maximum Gasteiger partial charge on any atom is 0.227 e. The van der Waals surface area contributed by atoms with Crippen molar-refractivity contribution in [2.24, 2.45) is 0 Å². The zero-order valence-electron chi connectivity index (χ0n) is 9.77. The van der Waals surface area contributed by atoms with Crippen LogP contribution in [-0.4, -0.2) is 12.0 Å². The number of oxazole rings is 1. The number of hydrogen-bond acceptors (Lipinski definition) is 3. The smallest absolute Gasteiger partial charge is 0.227 e. The number of halogens is 1. The molecular formula is C14H11IN2O. The number of fused-ring (bicyclic) bond motifs is 1. The van der Waals surface area contributed by atoms with E-state index in [1.807, 2.05) is 49.5 Å². The van der Waals surface area contributed by atoms with Crippen molar-refractivity contribution in [2.45, 2.75) is 0 Å². The molecule has 4 heteroatoms. The fourth-order valence-corrected chi connectivity index (χ4v) is 2.16. The van der Waals surface area contributed by atoms with Gasteiger partial charge in [-0.05, 0) is 65.1 Å². The molecule has 1 aromatic heterocycles. The first-order chi connectivity index (χ1) is 8.76. The number of anilines is 1. The van der Waals surface area contributed by atoms with Crippen LogP contribution < -0.4 is 5.32 Å². The molecule has 0 bridgehead atoms. The van der Waals surface area contributed by atoms with Gasteiger partial charge in [-0.3, -0.25) is 0 Å². The van der Waals surface area contributed by atoms with E-state index in [0.29, 0.717) is 5.89 Å². The van der Waals surface area contributed by atoms with E-state index in [4.69, 9.17) is 4.42 Å². The van der Waals surface area contributed by atoms with E-state index >= 15 is 0 Å². The van der Waals surface area contributed by atoms with Gasteiger partial charge in [0.25, 0.3) is 0 Å². The highest BCUT2D eigenvalue weighted by Gasteiger charge is 2.08. The molecule has 3 nitrogen and oxygen atoms in total. The van der Waals surface area contributed by atoms with Crippen molar-refractivity contribution >= 4 is 39.4 Å². The average Bonchev–Trinajstić information content (AvgIpc) is 2.82. The van der Waals surface area contributed by atoms with Crippen LogP contribution in [0.2, 0.25) is 0 Å². The highest BCUT2D eigenvalue weighted by Crippen LogP contribution is 2.26. The van der Waals surface area contributed by atoms with Crippen molar-refractivity contribution in [2.75, 3.05) is 12.4 Å². The molecule has 0 saturated carbocycles. The molecule has 2 aromatic carbocycles. The Hall–Kier alpha value is -1.56. The highest BCUT2D eigenvalue weighted by molar-refractivity contribution is 14.1. The molecule has 1 heterocycles. The van der Waals surface area contributed by atoms with Gasteiger partial charge in [-0.2, -0.15) is 0 Å². The second-order valence-electron chi connectivity index (χ2n) is 3.96. The van der Waals surface area contributed by atoms with Crippen LogP contribution in [0.4, 0.5) is 5.69 Å². The third-order valence-electron chi connectivity index (χ3n) is 2.77. The zero-order valence-corrected chi connectivity index (χ0v) is 11.9. The van der Waals surface area contributed by atoms with Gasteiger partial charge >= 0.3 is 0 Å². The quantitative estimate of drug-likeness (QED) is 0.706. The molecule has 0 unspecified atom stereocenters. The van der Waals surface area contributed by atoms with Crippen molar-refractivity contribution in [1.82, 2.24) is 4.98 Å². The lowest BCUT2D eigenvalue weighted by Gasteiger charge is -1.96. The fraction of sp³-hybridized carbons (Fsp3) is 0.0714. The van der Waals surface area contributed by atoms with Gasteiger partial charge < -0.3 is 9.73 Å². The molecule has 0 aliphatic heterocycles. The molecule has 90 valence electrons. The summed E-state index contributed by atoms with van der Waals surface area (Å²) >= 11 is 2.28. The summed E-state index contributed by atoms with van der Waals surface area (Å²) < 4.78 is 6.95.